The van der Waals surface area contributed by atoms with E-state index in [0.717, 1.165) is 18.8 Å². The molecule has 0 atom stereocenters. The SMILES string of the molecule is Nc1nc(N2CCCC2)nn1-c1ccc(Cl)c(Cl)c1. The Morgan fingerprint density at radius 1 is 1.11 bits per heavy atom. The fraction of sp³-hybridized carbons (Fsp3) is 0.333. The minimum Gasteiger partial charge on any atom is -0.368 e. The van der Waals surface area contributed by atoms with Crippen molar-refractivity contribution in [3.63, 3.8) is 0 Å². The van der Waals surface area contributed by atoms with Gasteiger partial charge in [0, 0.05) is 13.1 Å². The van der Waals surface area contributed by atoms with Crippen LogP contribution in [0.25, 0.3) is 5.69 Å². The first kappa shape index (κ1) is 12.6. The highest BCUT2D eigenvalue weighted by atomic mass is 35.5. The van der Waals surface area contributed by atoms with E-state index in [2.05, 4.69) is 15.0 Å². The van der Waals surface area contributed by atoms with Gasteiger partial charge in [-0.3, -0.25) is 0 Å². The summed E-state index contributed by atoms with van der Waals surface area (Å²) < 4.78 is 1.58. The summed E-state index contributed by atoms with van der Waals surface area (Å²) in [6.07, 6.45) is 2.34. The van der Waals surface area contributed by atoms with Crippen LogP contribution in [-0.4, -0.2) is 27.9 Å². The quantitative estimate of drug-likeness (QED) is 0.926. The van der Waals surface area contributed by atoms with Crippen molar-refractivity contribution in [2.45, 2.75) is 12.8 Å². The fourth-order valence-electron chi connectivity index (χ4n) is 2.17. The van der Waals surface area contributed by atoms with Crippen LogP contribution in [0, 0.1) is 0 Å². The van der Waals surface area contributed by atoms with Gasteiger partial charge in [0.15, 0.2) is 0 Å². The van der Waals surface area contributed by atoms with Crippen molar-refractivity contribution in [1.29, 1.82) is 0 Å². The van der Waals surface area contributed by atoms with Crippen molar-refractivity contribution in [2.75, 3.05) is 23.7 Å². The summed E-state index contributed by atoms with van der Waals surface area (Å²) in [5.74, 6) is 1.02. The van der Waals surface area contributed by atoms with Crippen molar-refractivity contribution in [3.05, 3.63) is 28.2 Å². The molecule has 0 bridgehead atoms. The van der Waals surface area contributed by atoms with Gasteiger partial charge in [-0.05, 0) is 31.0 Å². The number of hydrogen-bond acceptors (Lipinski definition) is 4. The van der Waals surface area contributed by atoms with Crippen LogP contribution >= 0.6 is 23.2 Å². The van der Waals surface area contributed by atoms with Crippen LogP contribution in [0.15, 0.2) is 18.2 Å². The summed E-state index contributed by atoms with van der Waals surface area (Å²) >= 11 is 11.9. The van der Waals surface area contributed by atoms with E-state index in [1.165, 1.54) is 12.8 Å². The summed E-state index contributed by atoms with van der Waals surface area (Å²) in [5, 5.41) is 5.41. The lowest BCUT2D eigenvalue weighted by atomic mass is 10.3. The van der Waals surface area contributed by atoms with Gasteiger partial charge in [0.2, 0.25) is 11.9 Å². The maximum absolute atomic E-state index is 6.01. The second-order valence-electron chi connectivity index (χ2n) is 4.47. The maximum Gasteiger partial charge on any atom is 0.246 e. The molecule has 0 unspecified atom stereocenters. The van der Waals surface area contributed by atoms with E-state index < -0.39 is 0 Å². The normalized spacial score (nSPS) is 15.2. The summed E-state index contributed by atoms with van der Waals surface area (Å²) in [6.45, 7) is 1.95. The highest BCUT2D eigenvalue weighted by Crippen LogP contribution is 2.26. The molecule has 19 heavy (non-hydrogen) atoms. The molecule has 0 radical (unpaired) electrons. The van der Waals surface area contributed by atoms with Gasteiger partial charge in [-0.15, -0.1) is 5.10 Å². The van der Waals surface area contributed by atoms with Crippen LogP contribution in [-0.2, 0) is 0 Å². The molecule has 2 heterocycles. The number of rotatable bonds is 2. The minimum absolute atomic E-state index is 0.347. The molecule has 1 saturated heterocycles. The zero-order chi connectivity index (χ0) is 13.4. The fourth-order valence-corrected chi connectivity index (χ4v) is 2.46. The van der Waals surface area contributed by atoms with Gasteiger partial charge >= 0.3 is 0 Å². The van der Waals surface area contributed by atoms with Crippen LogP contribution in [0.1, 0.15) is 12.8 Å². The molecular formula is C12H13Cl2N5. The van der Waals surface area contributed by atoms with Crippen LogP contribution in [0.5, 0.6) is 0 Å². The predicted molar refractivity (Wildman–Crippen MR) is 77.2 cm³/mol. The summed E-state index contributed by atoms with van der Waals surface area (Å²) in [7, 11) is 0. The van der Waals surface area contributed by atoms with E-state index in [1.54, 1.807) is 16.8 Å². The molecule has 1 fully saturated rings. The lowest BCUT2D eigenvalue weighted by Gasteiger charge is -2.10. The number of benzene rings is 1. The van der Waals surface area contributed by atoms with Crippen molar-refractivity contribution >= 4 is 35.1 Å². The number of nitrogen functional groups attached to an aromatic ring is 1. The molecule has 0 spiro atoms. The molecule has 3 rings (SSSR count). The Morgan fingerprint density at radius 2 is 1.84 bits per heavy atom. The van der Waals surface area contributed by atoms with Crippen LogP contribution in [0.4, 0.5) is 11.9 Å². The van der Waals surface area contributed by atoms with Gasteiger partial charge < -0.3 is 10.6 Å². The summed E-state index contributed by atoms with van der Waals surface area (Å²) in [5.41, 5.74) is 6.67. The first-order valence-corrected chi connectivity index (χ1v) is 6.83. The standard InChI is InChI=1S/C12H13Cl2N5/c13-9-4-3-8(7-10(9)14)19-11(15)16-12(17-19)18-5-1-2-6-18/h3-4,7H,1-2,5-6H2,(H2,15,16,17). The molecule has 7 heteroatoms. The Hall–Kier alpha value is -1.46. The smallest absolute Gasteiger partial charge is 0.246 e. The van der Waals surface area contributed by atoms with Crippen LogP contribution < -0.4 is 10.6 Å². The molecule has 1 aromatic carbocycles. The average Bonchev–Trinajstić information content (AvgIpc) is 3.01. The van der Waals surface area contributed by atoms with Crippen molar-refractivity contribution < 1.29 is 0 Å². The van der Waals surface area contributed by atoms with Gasteiger partial charge in [0.25, 0.3) is 0 Å². The van der Waals surface area contributed by atoms with Crippen molar-refractivity contribution in [1.82, 2.24) is 14.8 Å². The van der Waals surface area contributed by atoms with Crippen LogP contribution in [0.2, 0.25) is 10.0 Å². The number of anilines is 2. The molecule has 5 nitrogen and oxygen atoms in total. The average molecular weight is 298 g/mol. The Balaban J connectivity index is 1.97. The molecule has 2 N–H and O–H groups in total. The predicted octanol–water partition coefficient (Wildman–Crippen LogP) is 2.76. The molecule has 0 aliphatic carbocycles. The van der Waals surface area contributed by atoms with E-state index in [9.17, 15) is 0 Å². The first-order valence-electron chi connectivity index (χ1n) is 6.08. The third kappa shape index (κ3) is 2.35. The molecule has 100 valence electrons. The van der Waals surface area contributed by atoms with Crippen LogP contribution in [0.3, 0.4) is 0 Å². The van der Waals surface area contributed by atoms with Gasteiger partial charge in [-0.2, -0.15) is 9.67 Å². The van der Waals surface area contributed by atoms with Gasteiger partial charge in [0.1, 0.15) is 0 Å². The molecule has 1 aliphatic heterocycles. The molecule has 0 amide bonds. The second-order valence-corrected chi connectivity index (χ2v) is 5.29. The maximum atomic E-state index is 6.01. The molecule has 2 aromatic rings. The number of nitrogens with two attached hydrogens (primary N) is 1. The first-order chi connectivity index (χ1) is 9.15. The zero-order valence-corrected chi connectivity index (χ0v) is 11.7. The number of hydrogen-bond donors (Lipinski definition) is 1. The molecule has 1 aliphatic rings. The van der Waals surface area contributed by atoms with E-state index in [0.29, 0.717) is 21.9 Å². The van der Waals surface area contributed by atoms with Gasteiger partial charge in [-0.25, -0.2) is 0 Å². The Bertz CT molecular complexity index is 604. The highest BCUT2D eigenvalue weighted by Gasteiger charge is 2.18. The van der Waals surface area contributed by atoms with E-state index in [1.807, 2.05) is 6.07 Å². The van der Waals surface area contributed by atoms with Gasteiger partial charge in [0.05, 0.1) is 15.7 Å². The molecular weight excluding hydrogens is 285 g/mol. The third-order valence-electron chi connectivity index (χ3n) is 3.16. The summed E-state index contributed by atoms with van der Waals surface area (Å²) in [4.78, 5) is 6.43. The lowest BCUT2D eigenvalue weighted by molar-refractivity contribution is 0.847. The molecule has 0 saturated carbocycles. The Labute approximate surface area is 120 Å². The van der Waals surface area contributed by atoms with Crippen molar-refractivity contribution in [2.24, 2.45) is 0 Å². The topological polar surface area (TPSA) is 60.0 Å². The highest BCUT2D eigenvalue weighted by molar-refractivity contribution is 6.42. The number of halogens is 2. The second kappa shape index (κ2) is 4.90. The van der Waals surface area contributed by atoms with Gasteiger partial charge in [-0.1, -0.05) is 23.2 Å². The summed E-state index contributed by atoms with van der Waals surface area (Å²) in [6, 6.07) is 5.26. The lowest BCUT2D eigenvalue weighted by Crippen LogP contribution is -2.19. The van der Waals surface area contributed by atoms with E-state index in [-0.39, 0.29) is 0 Å². The minimum atomic E-state index is 0.347. The zero-order valence-electron chi connectivity index (χ0n) is 10.2. The largest absolute Gasteiger partial charge is 0.368 e. The third-order valence-corrected chi connectivity index (χ3v) is 3.90. The van der Waals surface area contributed by atoms with Crippen molar-refractivity contribution in [3.8, 4) is 5.69 Å². The van der Waals surface area contributed by atoms with E-state index in [4.69, 9.17) is 28.9 Å². The Kier molecular flexibility index (Phi) is 3.24. The monoisotopic (exact) mass is 297 g/mol. The van der Waals surface area contributed by atoms with E-state index >= 15 is 0 Å². The number of nitrogens with zero attached hydrogens (tertiary/aromatic N) is 4. The number of aromatic nitrogens is 3. The Morgan fingerprint density at radius 3 is 2.53 bits per heavy atom. The molecule has 1 aromatic heterocycles.